The average Bonchev–Trinajstić information content (AvgIpc) is 2.88. The second-order valence-corrected chi connectivity index (χ2v) is 4.98. The SMILES string of the molecule is CCCN(C(=O)CNC)C(C)c1cc2ccccc2o1.Cl. The van der Waals surface area contributed by atoms with E-state index in [0.717, 1.165) is 29.7 Å². The van der Waals surface area contributed by atoms with E-state index in [1.807, 2.05) is 42.2 Å². The molecule has 0 spiro atoms. The molecule has 0 saturated carbocycles. The van der Waals surface area contributed by atoms with Crippen molar-refractivity contribution in [3.8, 4) is 0 Å². The van der Waals surface area contributed by atoms with Crippen LogP contribution < -0.4 is 5.32 Å². The summed E-state index contributed by atoms with van der Waals surface area (Å²) in [4.78, 5) is 14.1. The Morgan fingerprint density at radius 2 is 2.10 bits per heavy atom. The Kier molecular flexibility index (Phi) is 6.72. The van der Waals surface area contributed by atoms with Crippen molar-refractivity contribution in [1.82, 2.24) is 10.2 Å². The number of nitrogens with one attached hydrogen (secondary N) is 1. The number of benzene rings is 1. The number of rotatable bonds is 6. The summed E-state index contributed by atoms with van der Waals surface area (Å²) in [5, 5.41) is 3.99. The van der Waals surface area contributed by atoms with Gasteiger partial charge in [-0.25, -0.2) is 0 Å². The summed E-state index contributed by atoms with van der Waals surface area (Å²) in [6.07, 6.45) is 0.931. The Morgan fingerprint density at radius 1 is 1.38 bits per heavy atom. The van der Waals surface area contributed by atoms with E-state index in [-0.39, 0.29) is 24.4 Å². The number of carbonyl (C=O) groups is 1. The van der Waals surface area contributed by atoms with Gasteiger partial charge in [-0.1, -0.05) is 25.1 Å². The van der Waals surface area contributed by atoms with E-state index in [1.165, 1.54) is 0 Å². The highest BCUT2D eigenvalue weighted by Gasteiger charge is 2.22. The van der Waals surface area contributed by atoms with Gasteiger partial charge in [0.25, 0.3) is 0 Å². The van der Waals surface area contributed by atoms with Gasteiger partial charge in [-0.15, -0.1) is 12.4 Å². The van der Waals surface area contributed by atoms with Gasteiger partial charge < -0.3 is 14.6 Å². The van der Waals surface area contributed by atoms with Crippen molar-refractivity contribution in [2.75, 3.05) is 20.1 Å². The van der Waals surface area contributed by atoms with Crippen LogP contribution in [0.25, 0.3) is 11.0 Å². The number of para-hydroxylation sites is 1. The van der Waals surface area contributed by atoms with Gasteiger partial charge in [0.1, 0.15) is 11.3 Å². The molecule has 0 aliphatic rings. The fraction of sp³-hybridized carbons (Fsp3) is 0.438. The highest BCUT2D eigenvalue weighted by molar-refractivity contribution is 5.85. The van der Waals surface area contributed by atoms with Gasteiger partial charge in [0.2, 0.25) is 5.91 Å². The second-order valence-electron chi connectivity index (χ2n) is 4.98. The number of hydrogen-bond acceptors (Lipinski definition) is 3. The normalized spacial score (nSPS) is 12.0. The van der Waals surface area contributed by atoms with Crippen LogP contribution in [-0.4, -0.2) is 30.9 Å². The second kappa shape index (κ2) is 8.05. The van der Waals surface area contributed by atoms with Crippen LogP contribution in [0, 0.1) is 0 Å². The van der Waals surface area contributed by atoms with Crippen molar-refractivity contribution < 1.29 is 9.21 Å². The molecule has 21 heavy (non-hydrogen) atoms. The van der Waals surface area contributed by atoms with E-state index in [1.54, 1.807) is 7.05 Å². The topological polar surface area (TPSA) is 45.5 Å². The van der Waals surface area contributed by atoms with Crippen molar-refractivity contribution in [2.24, 2.45) is 0 Å². The summed E-state index contributed by atoms with van der Waals surface area (Å²) in [5.74, 6) is 0.936. The maximum Gasteiger partial charge on any atom is 0.237 e. The molecule has 0 radical (unpaired) electrons. The Morgan fingerprint density at radius 3 is 2.71 bits per heavy atom. The molecule has 0 aliphatic carbocycles. The van der Waals surface area contributed by atoms with E-state index in [9.17, 15) is 4.79 Å². The minimum atomic E-state index is -0.0526. The Bertz CT molecular complexity index is 549. The number of amides is 1. The summed E-state index contributed by atoms with van der Waals surface area (Å²) in [6, 6.07) is 9.89. The van der Waals surface area contributed by atoms with E-state index in [2.05, 4.69) is 12.2 Å². The molecule has 1 N–H and O–H groups in total. The first kappa shape index (κ1) is 17.5. The van der Waals surface area contributed by atoms with Gasteiger partial charge in [0.15, 0.2) is 0 Å². The van der Waals surface area contributed by atoms with Gasteiger partial charge in [0, 0.05) is 11.9 Å². The summed E-state index contributed by atoms with van der Waals surface area (Å²) in [6.45, 7) is 5.18. The quantitative estimate of drug-likeness (QED) is 0.889. The van der Waals surface area contributed by atoms with Crippen LogP contribution in [0.4, 0.5) is 0 Å². The van der Waals surface area contributed by atoms with E-state index in [0.29, 0.717) is 6.54 Å². The van der Waals surface area contributed by atoms with Crippen molar-refractivity contribution in [3.05, 3.63) is 36.1 Å². The van der Waals surface area contributed by atoms with Gasteiger partial charge >= 0.3 is 0 Å². The third kappa shape index (κ3) is 3.99. The summed E-state index contributed by atoms with van der Waals surface area (Å²) in [5.41, 5.74) is 0.867. The number of hydrogen-bond donors (Lipinski definition) is 1. The summed E-state index contributed by atoms with van der Waals surface area (Å²) < 4.78 is 5.87. The van der Waals surface area contributed by atoms with Crippen LogP contribution in [0.3, 0.4) is 0 Å². The zero-order chi connectivity index (χ0) is 14.5. The molecule has 1 amide bonds. The average molecular weight is 311 g/mol. The molecule has 4 nitrogen and oxygen atoms in total. The van der Waals surface area contributed by atoms with Gasteiger partial charge in [-0.05, 0) is 32.5 Å². The monoisotopic (exact) mass is 310 g/mol. The summed E-state index contributed by atoms with van der Waals surface area (Å²) >= 11 is 0. The number of likely N-dealkylation sites (N-methyl/N-ethyl adjacent to an activating group) is 1. The van der Waals surface area contributed by atoms with E-state index in [4.69, 9.17) is 4.42 Å². The minimum absolute atomic E-state index is 0. The van der Waals surface area contributed by atoms with E-state index < -0.39 is 0 Å². The molecule has 0 bridgehead atoms. The molecular weight excluding hydrogens is 288 g/mol. The number of furan rings is 1. The highest BCUT2D eigenvalue weighted by Crippen LogP contribution is 2.27. The first-order valence-corrected chi connectivity index (χ1v) is 7.10. The molecule has 1 aromatic heterocycles. The maximum atomic E-state index is 12.2. The molecule has 2 rings (SSSR count). The summed E-state index contributed by atoms with van der Waals surface area (Å²) in [7, 11) is 1.79. The molecular formula is C16H23ClN2O2. The number of nitrogens with zero attached hydrogens (tertiary/aromatic N) is 1. The van der Waals surface area contributed by atoms with Crippen LogP contribution >= 0.6 is 12.4 Å². The molecule has 0 aliphatic heterocycles. The molecule has 2 aromatic rings. The lowest BCUT2D eigenvalue weighted by Crippen LogP contribution is -2.39. The van der Waals surface area contributed by atoms with Crippen molar-refractivity contribution in [3.63, 3.8) is 0 Å². The Balaban J connectivity index is 0.00000220. The zero-order valence-corrected chi connectivity index (χ0v) is 13.6. The molecule has 1 unspecified atom stereocenters. The standard InChI is InChI=1S/C16H22N2O2.ClH/c1-4-9-18(16(19)11-17-3)12(2)15-10-13-7-5-6-8-14(13)20-15;/h5-8,10,12,17H,4,9,11H2,1-3H3;1H. The fourth-order valence-electron chi connectivity index (χ4n) is 2.39. The largest absolute Gasteiger partial charge is 0.459 e. The fourth-order valence-corrected chi connectivity index (χ4v) is 2.39. The number of fused-ring (bicyclic) bond motifs is 1. The van der Waals surface area contributed by atoms with Gasteiger partial charge in [0.05, 0.1) is 12.6 Å². The smallest absolute Gasteiger partial charge is 0.237 e. The lowest BCUT2D eigenvalue weighted by atomic mass is 10.2. The van der Waals surface area contributed by atoms with Crippen molar-refractivity contribution in [2.45, 2.75) is 26.3 Å². The van der Waals surface area contributed by atoms with Gasteiger partial charge in [-0.2, -0.15) is 0 Å². The number of halogens is 1. The van der Waals surface area contributed by atoms with Crippen molar-refractivity contribution >= 4 is 29.3 Å². The third-order valence-electron chi connectivity index (χ3n) is 3.44. The first-order chi connectivity index (χ1) is 9.67. The lowest BCUT2D eigenvalue weighted by molar-refractivity contribution is -0.132. The van der Waals surface area contributed by atoms with Gasteiger partial charge in [-0.3, -0.25) is 4.79 Å². The molecule has 0 saturated heterocycles. The third-order valence-corrected chi connectivity index (χ3v) is 3.44. The molecule has 0 fully saturated rings. The maximum absolute atomic E-state index is 12.2. The molecule has 5 heteroatoms. The molecule has 116 valence electrons. The van der Waals surface area contributed by atoms with Crippen molar-refractivity contribution in [1.29, 1.82) is 0 Å². The molecule has 1 aromatic carbocycles. The van der Waals surface area contributed by atoms with Crippen LogP contribution in [0.5, 0.6) is 0 Å². The predicted molar refractivity (Wildman–Crippen MR) is 87.8 cm³/mol. The lowest BCUT2D eigenvalue weighted by Gasteiger charge is -2.27. The molecule has 1 heterocycles. The predicted octanol–water partition coefficient (Wildman–Crippen LogP) is 3.37. The first-order valence-electron chi connectivity index (χ1n) is 7.10. The van der Waals surface area contributed by atoms with Crippen LogP contribution in [-0.2, 0) is 4.79 Å². The highest BCUT2D eigenvalue weighted by atomic mass is 35.5. The Hall–Kier alpha value is -1.52. The Labute approximate surface area is 131 Å². The van der Waals surface area contributed by atoms with E-state index >= 15 is 0 Å². The minimum Gasteiger partial charge on any atom is -0.459 e. The zero-order valence-electron chi connectivity index (χ0n) is 12.8. The van der Waals surface area contributed by atoms with Crippen LogP contribution in [0.1, 0.15) is 32.1 Å². The van der Waals surface area contributed by atoms with Crippen LogP contribution in [0.15, 0.2) is 34.7 Å². The molecule has 1 atom stereocenters. The number of carbonyl (C=O) groups excluding carboxylic acids is 1. The van der Waals surface area contributed by atoms with Crippen LogP contribution in [0.2, 0.25) is 0 Å².